The van der Waals surface area contributed by atoms with Gasteiger partial charge in [0.15, 0.2) is 0 Å². The Morgan fingerprint density at radius 2 is 1.49 bits per heavy atom. The van der Waals surface area contributed by atoms with Gasteiger partial charge in [0.05, 0.1) is 12.5 Å². The molecule has 1 aliphatic rings. The molecule has 2 N–H and O–H groups in total. The summed E-state index contributed by atoms with van der Waals surface area (Å²) < 4.78 is 17.7. The Morgan fingerprint density at radius 3 is 2.12 bits per heavy atom. The highest BCUT2D eigenvalue weighted by Crippen LogP contribution is 2.44. The smallest absolute Gasteiger partial charge is 0.323 e. The van der Waals surface area contributed by atoms with Crippen LogP contribution in [0.25, 0.3) is 0 Å². The lowest BCUT2D eigenvalue weighted by Crippen LogP contribution is -2.22. The van der Waals surface area contributed by atoms with Gasteiger partial charge in [0.2, 0.25) is 5.88 Å². The van der Waals surface area contributed by atoms with Crippen LogP contribution in [0, 0.1) is 11.3 Å². The number of fused-ring (bicyclic) bond motifs is 1. The molecule has 6 heteroatoms. The van der Waals surface area contributed by atoms with Crippen molar-refractivity contribution in [3.8, 4) is 23.3 Å². The molecule has 0 amide bonds. The molecule has 5 rings (SSSR count). The first-order valence-electron chi connectivity index (χ1n) is 14.8. The van der Waals surface area contributed by atoms with Gasteiger partial charge in [-0.2, -0.15) is 5.26 Å². The number of nitrogens with zero attached hydrogens (tertiary/aromatic N) is 1. The zero-order valence-corrected chi connectivity index (χ0v) is 24.4. The van der Waals surface area contributed by atoms with Crippen molar-refractivity contribution < 1.29 is 19.0 Å². The van der Waals surface area contributed by atoms with Gasteiger partial charge in [0, 0.05) is 11.6 Å². The molecule has 6 nitrogen and oxygen atoms in total. The summed E-state index contributed by atoms with van der Waals surface area (Å²) in [5.74, 6) is 0.151. The van der Waals surface area contributed by atoms with E-state index in [9.17, 15) is 10.1 Å². The molecular weight excluding hydrogens is 536 g/mol. The number of rotatable bonds is 12. The SMILES string of the molecule is CCCCCCCOc1ccc(C2C(C#N)=C(N)Oc3cc(OC(=O)C(c4ccccc4)c4ccccc4)ccc32)cc1. The standard InChI is InChI=1S/C37H36N2O4/c1-2-3-4-5-12-23-41-29-19-17-28(18-20-29)35-31-22-21-30(24-33(31)43-36(39)32(35)25-38)42-37(40)34(26-13-8-6-9-14-26)27-15-10-7-11-16-27/h6-11,13-22,24,34-35H,2-5,12,23,39H2,1H3. The molecule has 4 aromatic carbocycles. The van der Waals surface area contributed by atoms with Gasteiger partial charge < -0.3 is 19.9 Å². The molecule has 0 saturated heterocycles. The fourth-order valence-corrected chi connectivity index (χ4v) is 5.42. The molecule has 0 spiro atoms. The molecule has 0 radical (unpaired) electrons. The number of esters is 1. The van der Waals surface area contributed by atoms with Crippen LogP contribution in [0.3, 0.4) is 0 Å². The Bertz CT molecular complexity index is 1550. The van der Waals surface area contributed by atoms with Gasteiger partial charge in [-0.3, -0.25) is 4.79 Å². The van der Waals surface area contributed by atoms with Crippen molar-refractivity contribution in [2.75, 3.05) is 6.61 Å². The lowest BCUT2D eigenvalue weighted by Gasteiger charge is -2.27. The molecule has 0 bridgehead atoms. The molecule has 1 atom stereocenters. The van der Waals surface area contributed by atoms with Crippen molar-refractivity contribution in [3.63, 3.8) is 0 Å². The molecule has 218 valence electrons. The topological polar surface area (TPSA) is 94.6 Å². The largest absolute Gasteiger partial charge is 0.494 e. The third kappa shape index (κ3) is 7.07. The molecule has 0 aliphatic carbocycles. The number of hydrogen-bond acceptors (Lipinski definition) is 6. The van der Waals surface area contributed by atoms with Crippen LogP contribution < -0.4 is 19.9 Å². The van der Waals surface area contributed by atoms with Crippen LogP contribution in [-0.4, -0.2) is 12.6 Å². The van der Waals surface area contributed by atoms with E-state index in [1.807, 2.05) is 91.0 Å². The zero-order chi connectivity index (χ0) is 30.0. The number of benzene rings is 4. The molecule has 1 aliphatic heterocycles. The van der Waals surface area contributed by atoms with E-state index in [0.29, 0.717) is 23.7 Å². The predicted octanol–water partition coefficient (Wildman–Crippen LogP) is 7.99. The average molecular weight is 573 g/mol. The number of ether oxygens (including phenoxy) is 3. The second-order valence-electron chi connectivity index (χ2n) is 10.6. The monoisotopic (exact) mass is 572 g/mol. The molecule has 0 aromatic heterocycles. The minimum atomic E-state index is -0.598. The predicted molar refractivity (Wildman–Crippen MR) is 167 cm³/mol. The van der Waals surface area contributed by atoms with Crippen LogP contribution in [0.4, 0.5) is 0 Å². The number of nitriles is 1. The first-order valence-corrected chi connectivity index (χ1v) is 14.8. The van der Waals surface area contributed by atoms with E-state index in [1.165, 1.54) is 19.3 Å². The molecule has 0 saturated carbocycles. The summed E-state index contributed by atoms with van der Waals surface area (Å²) in [6.07, 6.45) is 5.89. The summed E-state index contributed by atoms with van der Waals surface area (Å²) in [7, 11) is 0. The normalized spacial score (nSPS) is 14.0. The van der Waals surface area contributed by atoms with Gasteiger partial charge in [0.25, 0.3) is 0 Å². The van der Waals surface area contributed by atoms with Crippen molar-refractivity contribution in [3.05, 3.63) is 137 Å². The van der Waals surface area contributed by atoms with E-state index < -0.39 is 17.8 Å². The van der Waals surface area contributed by atoms with Gasteiger partial charge >= 0.3 is 5.97 Å². The van der Waals surface area contributed by atoms with Crippen molar-refractivity contribution in [2.45, 2.75) is 50.9 Å². The van der Waals surface area contributed by atoms with Crippen LogP contribution in [0.2, 0.25) is 0 Å². The highest BCUT2D eigenvalue weighted by atomic mass is 16.5. The van der Waals surface area contributed by atoms with E-state index >= 15 is 0 Å². The van der Waals surface area contributed by atoms with Crippen molar-refractivity contribution in [2.24, 2.45) is 5.73 Å². The first kappa shape index (κ1) is 29.5. The maximum absolute atomic E-state index is 13.6. The number of allylic oxidation sites excluding steroid dienone is 1. The Labute approximate surface area is 253 Å². The minimum absolute atomic E-state index is 0.0299. The molecular formula is C37H36N2O4. The zero-order valence-electron chi connectivity index (χ0n) is 24.4. The van der Waals surface area contributed by atoms with E-state index in [-0.39, 0.29) is 5.88 Å². The van der Waals surface area contributed by atoms with Crippen LogP contribution in [0.5, 0.6) is 17.2 Å². The summed E-state index contributed by atoms with van der Waals surface area (Å²) >= 11 is 0. The fraction of sp³-hybridized carbons (Fsp3) is 0.243. The maximum Gasteiger partial charge on any atom is 0.323 e. The highest BCUT2D eigenvalue weighted by Gasteiger charge is 2.32. The third-order valence-corrected chi connectivity index (χ3v) is 7.64. The number of carbonyl (C=O) groups is 1. The summed E-state index contributed by atoms with van der Waals surface area (Å²) in [6, 6.07) is 34.3. The van der Waals surface area contributed by atoms with Gasteiger partial charge in [-0.15, -0.1) is 0 Å². The van der Waals surface area contributed by atoms with Crippen LogP contribution in [0.1, 0.15) is 73.1 Å². The van der Waals surface area contributed by atoms with Gasteiger partial charge in [-0.05, 0) is 41.3 Å². The average Bonchev–Trinajstić information content (AvgIpc) is 3.03. The van der Waals surface area contributed by atoms with E-state index in [2.05, 4.69) is 13.0 Å². The number of hydrogen-bond donors (Lipinski definition) is 1. The third-order valence-electron chi connectivity index (χ3n) is 7.64. The molecule has 1 heterocycles. The summed E-state index contributed by atoms with van der Waals surface area (Å²) in [5.41, 5.74) is 9.88. The highest BCUT2D eigenvalue weighted by molar-refractivity contribution is 5.84. The number of carbonyl (C=O) groups excluding carboxylic acids is 1. The quantitative estimate of drug-likeness (QED) is 0.105. The van der Waals surface area contributed by atoms with Gasteiger partial charge in [-0.1, -0.05) is 111 Å². The molecule has 0 fully saturated rings. The van der Waals surface area contributed by atoms with Crippen molar-refractivity contribution in [1.82, 2.24) is 0 Å². The fourth-order valence-electron chi connectivity index (χ4n) is 5.42. The lowest BCUT2D eigenvalue weighted by molar-refractivity contribution is -0.135. The molecule has 4 aromatic rings. The Morgan fingerprint density at radius 1 is 0.860 bits per heavy atom. The maximum atomic E-state index is 13.6. The van der Waals surface area contributed by atoms with E-state index in [0.717, 1.165) is 40.8 Å². The molecule has 43 heavy (non-hydrogen) atoms. The van der Waals surface area contributed by atoms with Gasteiger partial charge in [-0.25, -0.2) is 0 Å². The second-order valence-corrected chi connectivity index (χ2v) is 10.6. The minimum Gasteiger partial charge on any atom is -0.494 e. The lowest BCUT2D eigenvalue weighted by atomic mass is 9.83. The van der Waals surface area contributed by atoms with Crippen molar-refractivity contribution >= 4 is 5.97 Å². The van der Waals surface area contributed by atoms with E-state index in [1.54, 1.807) is 12.1 Å². The second kappa shape index (κ2) is 14.2. The molecule has 1 unspecified atom stereocenters. The van der Waals surface area contributed by atoms with Gasteiger partial charge in [0.1, 0.15) is 34.8 Å². The van der Waals surface area contributed by atoms with Crippen LogP contribution >= 0.6 is 0 Å². The Balaban J connectivity index is 1.35. The summed E-state index contributed by atoms with van der Waals surface area (Å²) in [4.78, 5) is 13.6. The first-order chi connectivity index (χ1) is 21.1. The van der Waals surface area contributed by atoms with Crippen LogP contribution in [0.15, 0.2) is 115 Å². The Kier molecular flexibility index (Phi) is 9.76. The van der Waals surface area contributed by atoms with E-state index in [4.69, 9.17) is 19.9 Å². The number of unbranched alkanes of at least 4 members (excludes halogenated alkanes) is 4. The Hall–Kier alpha value is -5.02. The van der Waals surface area contributed by atoms with Crippen LogP contribution in [-0.2, 0) is 4.79 Å². The number of nitrogens with two attached hydrogens (primary N) is 1. The van der Waals surface area contributed by atoms with Crippen molar-refractivity contribution in [1.29, 1.82) is 5.26 Å². The summed E-state index contributed by atoms with van der Waals surface area (Å²) in [5, 5.41) is 9.97. The summed E-state index contributed by atoms with van der Waals surface area (Å²) in [6.45, 7) is 2.88.